The molecule has 2 aliphatic rings. The van der Waals surface area contributed by atoms with Crippen molar-refractivity contribution >= 4 is 12.1 Å². The molecule has 2 rings (SSSR count). The van der Waals surface area contributed by atoms with Gasteiger partial charge >= 0.3 is 0 Å². The predicted molar refractivity (Wildman–Crippen MR) is 44.6 cm³/mol. The van der Waals surface area contributed by atoms with E-state index in [1.54, 1.807) is 6.08 Å². The Hall–Kier alpha value is -0.920. The second-order valence-electron chi connectivity index (χ2n) is 3.68. The van der Waals surface area contributed by atoms with Crippen LogP contribution in [0.4, 0.5) is 0 Å². The number of carbonyl (C=O) groups is 2. The summed E-state index contributed by atoms with van der Waals surface area (Å²) < 4.78 is 0. The van der Waals surface area contributed by atoms with E-state index in [-0.39, 0.29) is 11.7 Å². The minimum absolute atomic E-state index is 0.224. The summed E-state index contributed by atoms with van der Waals surface area (Å²) in [5.74, 6) is 0.890. The monoisotopic (exact) mass is 164 g/mol. The second kappa shape index (κ2) is 2.85. The summed E-state index contributed by atoms with van der Waals surface area (Å²) in [6, 6.07) is 0. The second-order valence-corrected chi connectivity index (χ2v) is 3.68. The van der Waals surface area contributed by atoms with Gasteiger partial charge in [0.25, 0.3) is 0 Å². The zero-order valence-electron chi connectivity index (χ0n) is 6.95. The van der Waals surface area contributed by atoms with Gasteiger partial charge in [0.2, 0.25) is 0 Å². The summed E-state index contributed by atoms with van der Waals surface area (Å²) in [5, 5.41) is 0. The van der Waals surface area contributed by atoms with Crippen molar-refractivity contribution in [1.82, 2.24) is 0 Å². The number of hydrogen-bond donors (Lipinski definition) is 0. The van der Waals surface area contributed by atoms with Crippen LogP contribution in [0.1, 0.15) is 25.7 Å². The fourth-order valence-corrected chi connectivity index (χ4v) is 1.90. The lowest BCUT2D eigenvalue weighted by Crippen LogP contribution is -2.04. The first kappa shape index (κ1) is 7.71. The van der Waals surface area contributed by atoms with Crippen LogP contribution < -0.4 is 0 Å². The maximum Gasteiger partial charge on any atom is 0.155 e. The normalized spacial score (nSPS) is 34.3. The van der Waals surface area contributed by atoms with E-state index in [0.29, 0.717) is 12.3 Å². The first-order valence-electron chi connectivity index (χ1n) is 4.50. The molecular formula is C10H12O2. The quantitative estimate of drug-likeness (QED) is 0.579. The van der Waals surface area contributed by atoms with E-state index in [0.717, 1.165) is 25.5 Å². The van der Waals surface area contributed by atoms with Gasteiger partial charge in [0.1, 0.15) is 6.29 Å². The molecule has 0 amide bonds. The molecule has 0 heterocycles. The van der Waals surface area contributed by atoms with Crippen LogP contribution in [-0.2, 0) is 9.59 Å². The third kappa shape index (κ3) is 1.33. The molecule has 1 fully saturated rings. The molecule has 0 bridgehead atoms. The fourth-order valence-electron chi connectivity index (χ4n) is 1.90. The maximum absolute atomic E-state index is 11.0. The summed E-state index contributed by atoms with van der Waals surface area (Å²) in [5.41, 5.74) is 1.23. The molecule has 0 aromatic rings. The van der Waals surface area contributed by atoms with Gasteiger partial charge in [-0.3, -0.25) is 4.79 Å². The van der Waals surface area contributed by atoms with Gasteiger partial charge in [-0.05, 0) is 31.3 Å². The Morgan fingerprint density at radius 2 is 2.25 bits per heavy atom. The van der Waals surface area contributed by atoms with Crippen molar-refractivity contribution in [2.45, 2.75) is 25.7 Å². The molecule has 0 aliphatic heterocycles. The number of carbonyl (C=O) groups excluding carboxylic acids is 2. The maximum atomic E-state index is 11.0. The Kier molecular flexibility index (Phi) is 1.83. The fraction of sp³-hybridized carbons (Fsp3) is 0.600. The van der Waals surface area contributed by atoms with E-state index < -0.39 is 0 Å². The Labute approximate surface area is 71.6 Å². The van der Waals surface area contributed by atoms with Crippen LogP contribution in [0.3, 0.4) is 0 Å². The van der Waals surface area contributed by atoms with Gasteiger partial charge in [-0.25, -0.2) is 0 Å². The lowest BCUT2D eigenvalue weighted by atomic mass is 9.94. The van der Waals surface area contributed by atoms with Crippen LogP contribution in [0.2, 0.25) is 0 Å². The van der Waals surface area contributed by atoms with Crippen LogP contribution in [-0.4, -0.2) is 12.1 Å². The molecule has 0 radical (unpaired) electrons. The van der Waals surface area contributed by atoms with E-state index in [9.17, 15) is 9.59 Å². The molecule has 2 atom stereocenters. The van der Waals surface area contributed by atoms with Crippen LogP contribution in [0.5, 0.6) is 0 Å². The van der Waals surface area contributed by atoms with Gasteiger partial charge in [-0.1, -0.05) is 5.57 Å². The highest BCUT2D eigenvalue weighted by molar-refractivity contribution is 5.91. The first-order chi connectivity index (χ1) is 5.81. The average Bonchev–Trinajstić information content (AvgIpc) is 2.83. The van der Waals surface area contributed by atoms with E-state index in [1.165, 1.54) is 5.57 Å². The van der Waals surface area contributed by atoms with Gasteiger partial charge in [0.05, 0.1) is 0 Å². The molecule has 0 spiro atoms. The minimum atomic E-state index is 0.224. The van der Waals surface area contributed by atoms with E-state index in [2.05, 4.69) is 0 Å². The van der Waals surface area contributed by atoms with Crippen LogP contribution in [0, 0.1) is 11.8 Å². The van der Waals surface area contributed by atoms with Crippen molar-refractivity contribution in [2.75, 3.05) is 0 Å². The average molecular weight is 164 g/mol. The lowest BCUT2D eigenvalue weighted by Gasteiger charge is -2.10. The molecule has 2 heteroatoms. The topological polar surface area (TPSA) is 34.1 Å². The van der Waals surface area contributed by atoms with Crippen molar-refractivity contribution in [3.63, 3.8) is 0 Å². The van der Waals surface area contributed by atoms with Crippen molar-refractivity contribution in [2.24, 2.45) is 11.8 Å². The van der Waals surface area contributed by atoms with Crippen molar-refractivity contribution in [1.29, 1.82) is 0 Å². The molecule has 2 nitrogen and oxygen atoms in total. The highest BCUT2D eigenvalue weighted by Crippen LogP contribution is 2.45. The van der Waals surface area contributed by atoms with Crippen LogP contribution in [0.25, 0.3) is 0 Å². The standard InChI is InChI=1S/C10H12O2/c11-6-8-5-10(8)7-2-1-3-9(12)4-7/h4,6,8,10H,1-3,5H2/t8-,10+/m0/s1. The third-order valence-electron chi connectivity index (χ3n) is 2.73. The molecule has 64 valence electrons. The van der Waals surface area contributed by atoms with Crippen molar-refractivity contribution < 1.29 is 9.59 Å². The highest BCUT2D eigenvalue weighted by atomic mass is 16.1. The Balaban J connectivity index is 2.04. The summed E-state index contributed by atoms with van der Waals surface area (Å²) in [6.45, 7) is 0. The van der Waals surface area contributed by atoms with Gasteiger partial charge in [0, 0.05) is 12.3 Å². The molecule has 0 saturated heterocycles. The number of hydrogen-bond acceptors (Lipinski definition) is 2. The lowest BCUT2D eigenvalue weighted by molar-refractivity contribution is -0.115. The van der Waals surface area contributed by atoms with E-state index in [1.807, 2.05) is 0 Å². The van der Waals surface area contributed by atoms with Crippen LogP contribution >= 0.6 is 0 Å². The van der Waals surface area contributed by atoms with E-state index >= 15 is 0 Å². The van der Waals surface area contributed by atoms with Gasteiger partial charge < -0.3 is 4.79 Å². The first-order valence-corrected chi connectivity index (χ1v) is 4.50. The Bertz CT molecular complexity index is 253. The Morgan fingerprint density at radius 1 is 1.42 bits per heavy atom. The third-order valence-corrected chi connectivity index (χ3v) is 2.73. The summed E-state index contributed by atoms with van der Waals surface area (Å²) in [4.78, 5) is 21.4. The molecular weight excluding hydrogens is 152 g/mol. The van der Waals surface area contributed by atoms with Gasteiger partial charge in [0.15, 0.2) is 5.78 Å². The molecule has 0 aromatic carbocycles. The minimum Gasteiger partial charge on any atom is -0.303 e. The summed E-state index contributed by atoms with van der Waals surface area (Å²) in [7, 11) is 0. The van der Waals surface area contributed by atoms with Crippen LogP contribution in [0.15, 0.2) is 11.6 Å². The number of aldehydes is 1. The number of rotatable bonds is 2. The zero-order valence-corrected chi connectivity index (χ0v) is 6.95. The predicted octanol–water partition coefficient (Wildman–Crippen LogP) is 1.50. The van der Waals surface area contributed by atoms with Crippen molar-refractivity contribution in [3.05, 3.63) is 11.6 Å². The number of ketones is 1. The van der Waals surface area contributed by atoms with E-state index in [4.69, 9.17) is 0 Å². The van der Waals surface area contributed by atoms with Gasteiger partial charge in [-0.2, -0.15) is 0 Å². The molecule has 12 heavy (non-hydrogen) atoms. The highest BCUT2D eigenvalue weighted by Gasteiger charge is 2.39. The number of allylic oxidation sites excluding steroid dienone is 2. The molecule has 0 unspecified atom stereocenters. The summed E-state index contributed by atoms with van der Waals surface area (Å²) >= 11 is 0. The SMILES string of the molecule is O=C[C@@H]1C[C@@H]1C1=CC(=O)CCC1. The molecule has 2 aliphatic carbocycles. The molecule has 0 aromatic heterocycles. The molecule has 0 N–H and O–H groups in total. The summed E-state index contributed by atoms with van der Waals surface area (Å²) in [6.07, 6.45) is 6.46. The Morgan fingerprint density at radius 3 is 2.83 bits per heavy atom. The largest absolute Gasteiger partial charge is 0.303 e. The van der Waals surface area contributed by atoms with Crippen molar-refractivity contribution in [3.8, 4) is 0 Å². The molecule has 1 saturated carbocycles. The zero-order chi connectivity index (χ0) is 8.55. The smallest absolute Gasteiger partial charge is 0.155 e. The van der Waals surface area contributed by atoms with Gasteiger partial charge in [-0.15, -0.1) is 0 Å².